The molecule has 4 amide bonds. The molecule has 5 saturated carbocycles. The van der Waals surface area contributed by atoms with Gasteiger partial charge in [-0.1, -0.05) is 26.2 Å². The summed E-state index contributed by atoms with van der Waals surface area (Å²) in [7, 11) is 0. The number of aromatic nitrogens is 3. The Labute approximate surface area is 286 Å². The number of pyridine rings is 1. The average Bonchev–Trinajstić information content (AvgIpc) is 3.77. The van der Waals surface area contributed by atoms with E-state index < -0.39 is 35.1 Å². The molecule has 264 valence electrons. The number of hydrogen-bond acceptors (Lipinski definition) is 7. The van der Waals surface area contributed by atoms with Crippen molar-refractivity contribution in [2.45, 2.75) is 121 Å². The van der Waals surface area contributed by atoms with Gasteiger partial charge in [-0.2, -0.15) is 0 Å². The van der Waals surface area contributed by atoms with Crippen molar-refractivity contribution in [3.05, 3.63) is 46.9 Å². The molecular formula is C36H49N7O6. The van der Waals surface area contributed by atoms with Gasteiger partial charge in [0.05, 0.1) is 6.33 Å². The first-order valence-corrected chi connectivity index (χ1v) is 18.0. The highest BCUT2D eigenvalue weighted by molar-refractivity contribution is 6.36. The third-order valence-corrected chi connectivity index (χ3v) is 11.4. The first kappa shape index (κ1) is 34.6. The number of Topliss-reactive ketones (excluding diaryl/α,β-unsaturated/α-hetero) is 1. The van der Waals surface area contributed by atoms with Gasteiger partial charge in [-0.05, 0) is 94.1 Å². The van der Waals surface area contributed by atoms with E-state index in [0.29, 0.717) is 17.3 Å². The molecule has 3 atom stereocenters. The van der Waals surface area contributed by atoms with Crippen LogP contribution in [0.3, 0.4) is 0 Å². The summed E-state index contributed by atoms with van der Waals surface area (Å²) < 4.78 is 3.17. The Kier molecular flexibility index (Phi) is 10.1. The van der Waals surface area contributed by atoms with Crippen LogP contribution in [0.4, 0.5) is 5.69 Å². The second kappa shape index (κ2) is 14.3. The summed E-state index contributed by atoms with van der Waals surface area (Å²) >= 11 is 0. The van der Waals surface area contributed by atoms with Gasteiger partial charge < -0.3 is 30.4 Å². The van der Waals surface area contributed by atoms with Crippen molar-refractivity contribution in [1.29, 1.82) is 0 Å². The van der Waals surface area contributed by atoms with E-state index in [1.54, 1.807) is 25.5 Å². The highest BCUT2D eigenvalue weighted by Gasteiger charge is 2.57. The maximum absolute atomic E-state index is 13.6. The van der Waals surface area contributed by atoms with Gasteiger partial charge in [0.15, 0.2) is 0 Å². The largest absolute Gasteiger partial charge is 0.350 e. The van der Waals surface area contributed by atoms with E-state index in [0.717, 1.165) is 51.4 Å². The Balaban J connectivity index is 1.13. The Morgan fingerprint density at radius 3 is 2.47 bits per heavy atom. The van der Waals surface area contributed by atoms with Crippen molar-refractivity contribution in [2.75, 3.05) is 11.9 Å². The zero-order chi connectivity index (χ0) is 34.8. The summed E-state index contributed by atoms with van der Waals surface area (Å²) in [6, 6.07) is 2.02. The predicted molar refractivity (Wildman–Crippen MR) is 182 cm³/mol. The fourth-order valence-electron chi connectivity index (χ4n) is 9.48. The minimum atomic E-state index is -1.25. The molecule has 0 radical (unpaired) electrons. The number of anilines is 1. The number of nitrogens with one attached hydrogen (secondary N) is 4. The van der Waals surface area contributed by atoms with Gasteiger partial charge in [0.25, 0.3) is 17.4 Å². The van der Waals surface area contributed by atoms with Gasteiger partial charge in [0.2, 0.25) is 17.6 Å². The molecular weight excluding hydrogens is 626 g/mol. The first-order chi connectivity index (χ1) is 23.5. The van der Waals surface area contributed by atoms with E-state index in [9.17, 15) is 28.8 Å². The van der Waals surface area contributed by atoms with E-state index in [-0.39, 0.29) is 54.8 Å². The molecule has 2 heterocycles. The van der Waals surface area contributed by atoms with Gasteiger partial charge in [0, 0.05) is 36.9 Å². The van der Waals surface area contributed by atoms with Gasteiger partial charge in [0.1, 0.15) is 24.0 Å². The topological polar surface area (TPSA) is 173 Å². The third-order valence-electron chi connectivity index (χ3n) is 11.4. The normalized spacial score (nSPS) is 26.2. The number of likely N-dealkylation sites (N-methyl/N-ethyl adjacent to an activating group) is 1. The maximum Gasteiger partial charge on any atom is 0.287 e. The van der Waals surface area contributed by atoms with Crippen molar-refractivity contribution < 1.29 is 24.0 Å². The van der Waals surface area contributed by atoms with Crippen LogP contribution in [-0.2, 0) is 25.7 Å². The SMILES string of the molecule is CCNC(=O)C(=O)CC[C@H](NC(=O)c1cn(C2CCCC2)cn1)C(=O)Nc1cccn(CC(=O)NC23CC4CC(CC(CC)(C4)C2)C3)c1=O. The molecule has 0 saturated heterocycles. The van der Waals surface area contributed by atoms with Crippen LogP contribution in [0.2, 0.25) is 0 Å². The molecule has 13 nitrogen and oxygen atoms in total. The molecule has 4 bridgehead atoms. The minimum absolute atomic E-state index is 0.0696. The first-order valence-electron chi connectivity index (χ1n) is 18.0. The van der Waals surface area contributed by atoms with Crippen LogP contribution in [-0.4, -0.2) is 61.7 Å². The van der Waals surface area contributed by atoms with E-state index in [1.165, 1.54) is 36.1 Å². The fourth-order valence-corrected chi connectivity index (χ4v) is 9.48. The molecule has 2 aromatic heterocycles. The second-order valence-corrected chi connectivity index (χ2v) is 15.0. The lowest BCUT2D eigenvalue weighted by atomic mass is 9.46. The molecule has 2 unspecified atom stereocenters. The second-order valence-electron chi connectivity index (χ2n) is 15.0. The highest BCUT2D eigenvalue weighted by Crippen LogP contribution is 2.62. The van der Waals surface area contributed by atoms with Crippen molar-refractivity contribution in [1.82, 2.24) is 30.1 Å². The van der Waals surface area contributed by atoms with Crippen LogP contribution in [0, 0.1) is 17.3 Å². The van der Waals surface area contributed by atoms with Crippen molar-refractivity contribution in [2.24, 2.45) is 17.3 Å². The zero-order valence-corrected chi connectivity index (χ0v) is 28.6. The monoisotopic (exact) mass is 675 g/mol. The average molecular weight is 676 g/mol. The number of hydrogen-bond donors (Lipinski definition) is 4. The van der Waals surface area contributed by atoms with E-state index >= 15 is 0 Å². The van der Waals surface area contributed by atoms with Gasteiger partial charge >= 0.3 is 0 Å². The van der Waals surface area contributed by atoms with Gasteiger partial charge in [-0.15, -0.1) is 0 Å². The van der Waals surface area contributed by atoms with Crippen LogP contribution in [0.25, 0.3) is 0 Å². The Morgan fingerprint density at radius 2 is 1.78 bits per heavy atom. The molecule has 49 heavy (non-hydrogen) atoms. The predicted octanol–water partition coefficient (Wildman–Crippen LogP) is 3.25. The molecule has 0 aliphatic heterocycles. The number of ketones is 1. The van der Waals surface area contributed by atoms with E-state index in [1.807, 2.05) is 4.57 Å². The number of rotatable bonds is 14. The molecule has 5 aliphatic carbocycles. The van der Waals surface area contributed by atoms with E-state index in [2.05, 4.69) is 33.2 Å². The molecule has 5 aliphatic rings. The lowest BCUT2D eigenvalue weighted by molar-refractivity contribution is -0.138. The zero-order valence-electron chi connectivity index (χ0n) is 28.6. The van der Waals surface area contributed by atoms with Crippen molar-refractivity contribution in [3.63, 3.8) is 0 Å². The van der Waals surface area contributed by atoms with Crippen molar-refractivity contribution in [3.8, 4) is 0 Å². The number of imidazole rings is 1. The van der Waals surface area contributed by atoms with Crippen LogP contribution in [0.15, 0.2) is 35.6 Å². The number of amides is 4. The Bertz CT molecular complexity index is 1640. The molecule has 0 aromatic carbocycles. The van der Waals surface area contributed by atoms with Crippen LogP contribution in [0.1, 0.15) is 114 Å². The molecule has 2 aromatic rings. The van der Waals surface area contributed by atoms with Crippen LogP contribution >= 0.6 is 0 Å². The van der Waals surface area contributed by atoms with Crippen LogP contribution < -0.4 is 26.8 Å². The fraction of sp³-hybridized carbons (Fsp3) is 0.639. The van der Waals surface area contributed by atoms with E-state index in [4.69, 9.17) is 0 Å². The molecule has 4 N–H and O–H groups in total. The standard InChI is InChI=1S/C36H49N7O6/c1-3-35-15-23-14-24(16-35)18-36(17-23,21-35)41-30(45)20-42-13-7-10-27(34(42)49)40-31(46)26(11-12-29(44)33(48)37-4-2)39-32(47)28-19-43(22-38-28)25-8-5-6-9-25/h7,10,13,19,22-26H,3-6,8-9,11-12,14-18,20-21H2,1-2H3,(H,37,48)(H,39,47)(H,40,46)(H,41,45)/t23?,24?,26-,35?,36?/m0/s1. The summed E-state index contributed by atoms with van der Waals surface area (Å²) in [5.74, 6) is -1.80. The summed E-state index contributed by atoms with van der Waals surface area (Å²) in [6.07, 6.45) is 16.3. The smallest absolute Gasteiger partial charge is 0.287 e. The third kappa shape index (κ3) is 7.65. The lowest BCUT2D eigenvalue weighted by Gasteiger charge is -2.62. The molecule has 7 rings (SSSR count). The maximum atomic E-state index is 13.6. The van der Waals surface area contributed by atoms with Crippen molar-refractivity contribution >= 4 is 35.1 Å². The summed E-state index contributed by atoms with van der Waals surface area (Å²) in [5.41, 5.74) is -0.446. The summed E-state index contributed by atoms with van der Waals surface area (Å²) in [6.45, 7) is 4.02. The number of nitrogens with zero attached hydrogens (tertiary/aromatic N) is 3. The lowest BCUT2D eigenvalue weighted by Crippen LogP contribution is -2.63. The molecule has 13 heteroatoms. The quantitative estimate of drug-likeness (QED) is 0.223. The molecule has 5 fully saturated rings. The minimum Gasteiger partial charge on any atom is -0.350 e. The number of carbonyl (C=O) groups excluding carboxylic acids is 5. The highest BCUT2D eigenvalue weighted by atomic mass is 16.2. The van der Waals surface area contributed by atoms with Crippen LogP contribution in [0.5, 0.6) is 0 Å². The Hall–Kier alpha value is -4.29. The van der Waals surface area contributed by atoms with Gasteiger partial charge in [-0.3, -0.25) is 28.8 Å². The Morgan fingerprint density at radius 1 is 1.04 bits per heavy atom. The van der Waals surface area contributed by atoms with Gasteiger partial charge in [-0.25, -0.2) is 4.98 Å². The molecule has 0 spiro atoms. The summed E-state index contributed by atoms with van der Waals surface area (Å²) in [4.78, 5) is 82.4. The summed E-state index contributed by atoms with van der Waals surface area (Å²) in [5, 5.41) is 11.0. The number of carbonyl (C=O) groups is 5.